The predicted molar refractivity (Wildman–Crippen MR) is 82.6 cm³/mol. The Kier molecular flexibility index (Phi) is 5.17. The van der Waals surface area contributed by atoms with Gasteiger partial charge < -0.3 is 14.8 Å². The molecule has 0 spiro atoms. The molecule has 1 saturated heterocycles. The third kappa shape index (κ3) is 4.17. The van der Waals surface area contributed by atoms with Crippen LogP contribution in [0.2, 0.25) is 0 Å². The summed E-state index contributed by atoms with van der Waals surface area (Å²) in [6.07, 6.45) is 4.25. The second-order valence-electron chi connectivity index (χ2n) is 6.09. The number of hydrogen-bond acceptors (Lipinski definition) is 3. The van der Waals surface area contributed by atoms with Crippen molar-refractivity contribution in [1.82, 2.24) is 14.8 Å². The lowest BCUT2D eigenvalue weighted by Crippen LogP contribution is -2.40. The molecule has 1 atom stereocenters. The predicted octanol–water partition coefficient (Wildman–Crippen LogP) is 1.69. The number of piperidine rings is 1. The molecule has 1 fully saturated rings. The van der Waals surface area contributed by atoms with Crippen molar-refractivity contribution in [2.45, 2.75) is 26.7 Å². The molecule has 2 rings (SSSR count). The van der Waals surface area contributed by atoms with Crippen LogP contribution in [0.4, 0.5) is 0 Å². The first-order valence-electron chi connectivity index (χ1n) is 7.65. The van der Waals surface area contributed by atoms with Crippen molar-refractivity contribution >= 4 is 11.7 Å². The number of nitrogens with zero attached hydrogens (tertiary/aromatic N) is 2. The molecule has 1 aliphatic rings. The number of rotatable bonds is 5. The number of amides is 1. The van der Waals surface area contributed by atoms with Gasteiger partial charge in [-0.1, -0.05) is 6.92 Å². The number of aryl methyl sites for hydroxylation is 1. The maximum atomic E-state index is 12.1. The Bertz CT molecular complexity index is 522. The van der Waals surface area contributed by atoms with Crippen molar-refractivity contribution in [1.29, 1.82) is 0 Å². The molecule has 1 amide bonds. The van der Waals surface area contributed by atoms with Gasteiger partial charge in [0.15, 0.2) is 5.78 Å². The molecule has 0 aliphatic carbocycles. The SMILES string of the molecule is CC(=O)c1cc(C(=O)NCCN2CCC[C@@H](C)C2)n(C)c1. The third-order valence-corrected chi connectivity index (χ3v) is 4.10. The van der Waals surface area contributed by atoms with Crippen LogP contribution in [0, 0.1) is 5.92 Å². The zero-order chi connectivity index (χ0) is 15.4. The molecule has 5 heteroatoms. The fraction of sp³-hybridized carbons (Fsp3) is 0.625. The lowest BCUT2D eigenvalue weighted by Gasteiger charge is -2.30. The number of hydrogen-bond donors (Lipinski definition) is 1. The van der Waals surface area contributed by atoms with Crippen LogP contribution in [0.5, 0.6) is 0 Å². The first-order chi connectivity index (χ1) is 9.97. The molecule has 0 bridgehead atoms. The Morgan fingerprint density at radius 2 is 2.19 bits per heavy atom. The maximum Gasteiger partial charge on any atom is 0.267 e. The Hall–Kier alpha value is -1.62. The standard InChI is InChI=1S/C16H25N3O2/c1-12-5-4-7-19(10-12)8-6-17-16(21)15-9-14(13(2)20)11-18(15)3/h9,11-12H,4-8,10H2,1-3H3,(H,17,21)/t12-/m1/s1. The molecule has 1 aliphatic heterocycles. The molecular weight excluding hydrogens is 266 g/mol. The first kappa shape index (κ1) is 15.8. The van der Waals surface area contributed by atoms with Crippen LogP contribution >= 0.6 is 0 Å². The average molecular weight is 291 g/mol. The molecule has 0 aromatic carbocycles. The highest BCUT2D eigenvalue weighted by Gasteiger charge is 2.17. The Balaban J connectivity index is 1.83. The lowest BCUT2D eigenvalue weighted by atomic mass is 10.0. The van der Waals surface area contributed by atoms with E-state index in [0.29, 0.717) is 17.8 Å². The number of nitrogens with one attached hydrogen (secondary N) is 1. The molecule has 116 valence electrons. The highest BCUT2D eigenvalue weighted by atomic mass is 16.2. The van der Waals surface area contributed by atoms with Gasteiger partial charge >= 0.3 is 0 Å². The minimum Gasteiger partial charge on any atom is -0.349 e. The molecule has 1 aromatic heterocycles. The minimum absolute atomic E-state index is 0.0213. The zero-order valence-electron chi connectivity index (χ0n) is 13.2. The molecule has 0 radical (unpaired) electrons. The van der Waals surface area contributed by atoms with Crippen LogP contribution in [-0.2, 0) is 7.05 Å². The molecule has 21 heavy (non-hydrogen) atoms. The molecule has 5 nitrogen and oxygen atoms in total. The van der Waals surface area contributed by atoms with Gasteiger partial charge in [0.05, 0.1) is 0 Å². The number of Topliss-reactive ketones (excluding diaryl/α,β-unsaturated/α-hetero) is 1. The summed E-state index contributed by atoms with van der Waals surface area (Å²) >= 11 is 0. The van der Waals surface area contributed by atoms with Gasteiger partial charge in [-0.15, -0.1) is 0 Å². The molecule has 1 N–H and O–H groups in total. The summed E-state index contributed by atoms with van der Waals surface area (Å²) in [6, 6.07) is 1.65. The van der Waals surface area contributed by atoms with Gasteiger partial charge in [-0.2, -0.15) is 0 Å². The maximum absolute atomic E-state index is 12.1. The van der Waals surface area contributed by atoms with Gasteiger partial charge in [0.1, 0.15) is 5.69 Å². The first-order valence-corrected chi connectivity index (χ1v) is 7.65. The Morgan fingerprint density at radius 3 is 2.81 bits per heavy atom. The van der Waals surface area contributed by atoms with E-state index in [1.54, 1.807) is 23.9 Å². The monoisotopic (exact) mass is 291 g/mol. The molecule has 0 saturated carbocycles. The zero-order valence-corrected chi connectivity index (χ0v) is 13.2. The van der Waals surface area contributed by atoms with E-state index in [9.17, 15) is 9.59 Å². The lowest BCUT2D eigenvalue weighted by molar-refractivity contribution is 0.0935. The number of aromatic nitrogens is 1. The summed E-state index contributed by atoms with van der Waals surface area (Å²) in [7, 11) is 1.79. The van der Waals surface area contributed by atoms with Gasteiger partial charge in [-0.3, -0.25) is 9.59 Å². The average Bonchev–Trinajstić information content (AvgIpc) is 2.81. The van der Waals surface area contributed by atoms with Crippen LogP contribution < -0.4 is 5.32 Å². The van der Waals surface area contributed by atoms with Crippen molar-refractivity contribution in [2.24, 2.45) is 13.0 Å². The minimum atomic E-state index is -0.116. The summed E-state index contributed by atoms with van der Waals surface area (Å²) < 4.78 is 1.70. The van der Waals surface area contributed by atoms with E-state index in [-0.39, 0.29) is 11.7 Å². The smallest absolute Gasteiger partial charge is 0.267 e. The van der Waals surface area contributed by atoms with Gasteiger partial charge in [-0.25, -0.2) is 0 Å². The van der Waals surface area contributed by atoms with Gasteiger partial charge in [-0.05, 0) is 38.3 Å². The number of carbonyl (C=O) groups is 2. The van der Waals surface area contributed by atoms with Gasteiger partial charge in [0.25, 0.3) is 5.91 Å². The molecule has 1 aromatic rings. The van der Waals surface area contributed by atoms with Crippen molar-refractivity contribution in [2.75, 3.05) is 26.2 Å². The number of ketones is 1. The van der Waals surface area contributed by atoms with Crippen LogP contribution in [0.15, 0.2) is 12.3 Å². The molecule has 0 unspecified atom stereocenters. The number of likely N-dealkylation sites (tertiary alicyclic amines) is 1. The van der Waals surface area contributed by atoms with Crippen molar-refractivity contribution in [3.8, 4) is 0 Å². The largest absolute Gasteiger partial charge is 0.349 e. The normalized spacial score (nSPS) is 19.5. The summed E-state index contributed by atoms with van der Waals surface area (Å²) in [5.41, 5.74) is 1.11. The van der Waals surface area contributed by atoms with Crippen LogP contribution in [0.3, 0.4) is 0 Å². The third-order valence-electron chi connectivity index (χ3n) is 4.10. The van der Waals surface area contributed by atoms with Crippen molar-refractivity contribution < 1.29 is 9.59 Å². The molecule has 2 heterocycles. The summed E-state index contributed by atoms with van der Waals surface area (Å²) in [4.78, 5) is 25.9. The van der Waals surface area contributed by atoms with Crippen LogP contribution in [-0.4, -0.2) is 47.3 Å². The highest BCUT2D eigenvalue weighted by molar-refractivity contribution is 5.99. The summed E-state index contributed by atoms with van der Waals surface area (Å²) in [5.74, 6) is 0.613. The van der Waals surface area contributed by atoms with Crippen LogP contribution in [0.25, 0.3) is 0 Å². The van der Waals surface area contributed by atoms with E-state index >= 15 is 0 Å². The Morgan fingerprint density at radius 1 is 1.43 bits per heavy atom. The van der Waals surface area contributed by atoms with E-state index in [2.05, 4.69) is 17.1 Å². The fourth-order valence-corrected chi connectivity index (χ4v) is 2.89. The van der Waals surface area contributed by atoms with E-state index in [1.165, 1.54) is 19.8 Å². The fourth-order valence-electron chi connectivity index (χ4n) is 2.89. The Labute approximate surface area is 126 Å². The van der Waals surface area contributed by atoms with E-state index in [4.69, 9.17) is 0 Å². The summed E-state index contributed by atoms with van der Waals surface area (Å²) in [6.45, 7) is 7.56. The number of carbonyl (C=O) groups excluding carboxylic acids is 2. The van der Waals surface area contributed by atoms with Crippen molar-refractivity contribution in [3.05, 3.63) is 23.5 Å². The van der Waals surface area contributed by atoms with E-state index in [0.717, 1.165) is 25.6 Å². The van der Waals surface area contributed by atoms with Gasteiger partial charge in [0, 0.05) is 38.4 Å². The van der Waals surface area contributed by atoms with E-state index in [1.807, 2.05) is 0 Å². The second-order valence-corrected chi connectivity index (χ2v) is 6.09. The summed E-state index contributed by atoms with van der Waals surface area (Å²) in [5, 5.41) is 2.94. The van der Waals surface area contributed by atoms with Gasteiger partial charge in [0.2, 0.25) is 0 Å². The molecular formula is C16H25N3O2. The highest BCUT2D eigenvalue weighted by Crippen LogP contribution is 2.14. The topological polar surface area (TPSA) is 54.3 Å². The second kappa shape index (κ2) is 6.89. The van der Waals surface area contributed by atoms with E-state index < -0.39 is 0 Å². The van der Waals surface area contributed by atoms with Crippen LogP contribution in [0.1, 0.15) is 47.5 Å². The van der Waals surface area contributed by atoms with Crippen molar-refractivity contribution in [3.63, 3.8) is 0 Å². The quantitative estimate of drug-likeness (QED) is 0.840.